The molecule has 0 spiro atoms. The number of nitrogens with one attached hydrogen (secondary N) is 1. The molecule has 1 atom stereocenters. The molecule has 0 aliphatic carbocycles. The molecule has 0 unspecified atom stereocenters. The van der Waals surface area contributed by atoms with Crippen molar-refractivity contribution in [2.75, 3.05) is 42.5 Å². The summed E-state index contributed by atoms with van der Waals surface area (Å²) in [6, 6.07) is 7.60. The Balaban J connectivity index is 1.90. The Labute approximate surface area is 190 Å². The molecule has 3 N–H and O–H groups in total. The van der Waals surface area contributed by atoms with E-state index in [0.29, 0.717) is 12.2 Å². The first-order chi connectivity index (χ1) is 14.4. The second kappa shape index (κ2) is 10.4. The Morgan fingerprint density at radius 2 is 2.17 bits per heavy atom. The Hall–Kier alpha value is -1.99. The molecule has 9 heteroatoms. The van der Waals surface area contributed by atoms with Crippen LogP contribution in [0.25, 0.3) is 11.1 Å². The largest absolute Gasteiger partial charge is 0.368 e. The highest BCUT2D eigenvalue weighted by Gasteiger charge is 2.27. The minimum absolute atomic E-state index is 0.0820. The number of benzene rings is 1. The summed E-state index contributed by atoms with van der Waals surface area (Å²) in [6.07, 6.45) is 0.561. The van der Waals surface area contributed by atoms with Gasteiger partial charge in [-0.25, -0.2) is 0 Å². The highest BCUT2D eigenvalue weighted by molar-refractivity contribution is 9.10. The monoisotopic (exact) mass is 490 g/mol. The number of rotatable bonds is 7. The van der Waals surface area contributed by atoms with E-state index in [1.54, 1.807) is 0 Å². The number of nitrogens with two attached hydrogens (primary N) is 1. The maximum absolute atomic E-state index is 13.0. The Morgan fingerprint density at radius 3 is 2.80 bits per heavy atom. The average molecular weight is 491 g/mol. The smallest absolute Gasteiger partial charge is 0.246 e. The quantitative estimate of drug-likeness (QED) is 0.578. The molecule has 3 rings (SSSR count). The number of carbonyl (C=O) groups is 1. The molecule has 2 heterocycles. The van der Waals surface area contributed by atoms with Crippen LogP contribution in [0.15, 0.2) is 28.1 Å². The van der Waals surface area contributed by atoms with Crippen LogP contribution in [0, 0.1) is 17.2 Å². The van der Waals surface area contributed by atoms with E-state index in [4.69, 9.17) is 5.73 Å². The lowest BCUT2D eigenvalue weighted by Gasteiger charge is -2.30. The Morgan fingerprint density at radius 1 is 1.43 bits per heavy atom. The molecule has 0 bridgehead atoms. The molecular formula is C21H27BrN6OS. The predicted octanol–water partition coefficient (Wildman–Crippen LogP) is 3.21. The molecule has 1 fully saturated rings. The third-order valence-corrected chi connectivity index (χ3v) is 6.31. The number of anilines is 2. The van der Waals surface area contributed by atoms with Gasteiger partial charge in [0, 0.05) is 41.6 Å². The van der Waals surface area contributed by atoms with E-state index in [1.165, 1.54) is 16.4 Å². The normalized spacial score (nSPS) is 15.1. The van der Waals surface area contributed by atoms with Gasteiger partial charge in [-0.15, -0.1) is 0 Å². The fraction of sp³-hybridized carbons (Fsp3) is 0.476. The van der Waals surface area contributed by atoms with E-state index in [-0.39, 0.29) is 18.4 Å². The van der Waals surface area contributed by atoms with Gasteiger partial charge in [0.15, 0.2) is 5.82 Å². The van der Waals surface area contributed by atoms with Crippen LogP contribution >= 0.6 is 27.5 Å². The fourth-order valence-corrected chi connectivity index (χ4v) is 4.92. The molecule has 1 amide bonds. The van der Waals surface area contributed by atoms with E-state index in [1.807, 2.05) is 31.4 Å². The maximum Gasteiger partial charge on any atom is 0.246 e. The zero-order valence-corrected chi connectivity index (χ0v) is 19.7. The van der Waals surface area contributed by atoms with Gasteiger partial charge in [0.25, 0.3) is 0 Å². The van der Waals surface area contributed by atoms with Crippen LogP contribution < -0.4 is 20.9 Å². The van der Waals surface area contributed by atoms with Crippen LogP contribution in [-0.2, 0) is 4.79 Å². The van der Waals surface area contributed by atoms with Crippen LogP contribution in [0.2, 0.25) is 0 Å². The lowest BCUT2D eigenvalue weighted by molar-refractivity contribution is -0.120. The number of nitrogens with zero attached hydrogens (tertiary/aromatic N) is 4. The zero-order chi connectivity index (χ0) is 21.7. The van der Waals surface area contributed by atoms with Gasteiger partial charge < -0.3 is 16.0 Å². The standard InChI is InChI=1S/C21H27BrN6OS/c1-14(2)11-18(24)21(29)28(8-5-23)20-16(13-30-26-20)15-3-4-19(17(22)12-15)27-9-6-25-7-10-27/h3-4,12-14,18,25H,6-11,24H2,1-2H3/t18-/m0/s1. The summed E-state index contributed by atoms with van der Waals surface area (Å²) in [7, 11) is 0. The fourth-order valence-electron chi connectivity index (χ4n) is 3.60. The summed E-state index contributed by atoms with van der Waals surface area (Å²) in [5, 5.41) is 14.6. The number of nitriles is 1. The minimum Gasteiger partial charge on any atom is -0.368 e. The molecule has 0 radical (unpaired) electrons. The topological polar surface area (TPSA) is 98.3 Å². The number of aromatic nitrogens is 1. The zero-order valence-electron chi connectivity index (χ0n) is 17.3. The van der Waals surface area contributed by atoms with Gasteiger partial charge in [-0.1, -0.05) is 19.9 Å². The number of carbonyl (C=O) groups excluding carboxylic acids is 1. The van der Waals surface area contributed by atoms with Crippen molar-refractivity contribution in [1.29, 1.82) is 5.26 Å². The Bertz CT molecular complexity index is 918. The number of piperazine rings is 1. The molecule has 7 nitrogen and oxygen atoms in total. The van der Waals surface area contributed by atoms with Gasteiger partial charge in [0.05, 0.1) is 17.8 Å². The van der Waals surface area contributed by atoms with Crippen molar-refractivity contribution in [3.63, 3.8) is 0 Å². The maximum atomic E-state index is 13.0. The van der Waals surface area contributed by atoms with E-state index in [9.17, 15) is 10.1 Å². The van der Waals surface area contributed by atoms with Crippen LogP contribution in [0.3, 0.4) is 0 Å². The molecule has 1 saturated heterocycles. The number of hydrogen-bond donors (Lipinski definition) is 2. The summed E-state index contributed by atoms with van der Waals surface area (Å²) in [5.41, 5.74) is 9.04. The molecule has 1 aromatic carbocycles. The van der Waals surface area contributed by atoms with Gasteiger partial charge in [0.2, 0.25) is 5.91 Å². The summed E-state index contributed by atoms with van der Waals surface area (Å²) in [4.78, 5) is 16.7. The summed E-state index contributed by atoms with van der Waals surface area (Å²) >= 11 is 4.98. The molecule has 0 saturated carbocycles. The number of hydrogen-bond acceptors (Lipinski definition) is 7. The van der Waals surface area contributed by atoms with Crippen molar-refractivity contribution in [3.05, 3.63) is 28.1 Å². The third-order valence-electron chi connectivity index (χ3n) is 5.06. The molecule has 1 aromatic heterocycles. The first-order valence-corrected chi connectivity index (χ1v) is 11.7. The van der Waals surface area contributed by atoms with Crippen molar-refractivity contribution in [2.24, 2.45) is 11.7 Å². The number of amides is 1. The van der Waals surface area contributed by atoms with Gasteiger partial charge in [0.1, 0.15) is 6.54 Å². The lowest BCUT2D eigenvalue weighted by atomic mass is 10.0. The van der Waals surface area contributed by atoms with Gasteiger partial charge >= 0.3 is 0 Å². The van der Waals surface area contributed by atoms with Gasteiger partial charge in [-0.05, 0) is 57.5 Å². The van der Waals surface area contributed by atoms with Gasteiger partial charge in [-0.2, -0.15) is 9.64 Å². The van der Waals surface area contributed by atoms with Crippen molar-refractivity contribution in [1.82, 2.24) is 9.69 Å². The molecule has 30 heavy (non-hydrogen) atoms. The SMILES string of the molecule is CC(C)C[C@H](N)C(=O)N(CC#N)c1nscc1-c1ccc(N2CCNCC2)c(Br)c1. The first-order valence-electron chi connectivity index (χ1n) is 10.1. The molecule has 1 aliphatic heterocycles. The van der Waals surface area contributed by atoms with Crippen molar-refractivity contribution >= 4 is 44.9 Å². The highest BCUT2D eigenvalue weighted by Crippen LogP contribution is 2.37. The predicted molar refractivity (Wildman–Crippen MR) is 126 cm³/mol. The van der Waals surface area contributed by atoms with Crippen molar-refractivity contribution < 1.29 is 4.79 Å². The lowest BCUT2D eigenvalue weighted by Crippen LogP contribution is -2.45. The highest BCUT2D eigenvalue weighted by atomic mass is 79.9. The Kier molecular flexibility index (Phi) is 7.83. The van der Waals surface area contributed by atoms with Gasteiger partial charge in [-0.3, -0.25) is 9.69 Å². The average Bonchev–Trinajstić information content (AvgIpc) is 3.21. The molecule has 1 aliphatic rings. The van der Waals surface area contributed by atoms with Crippen molar-refractivity contribution in [2.45, 2.75) is 26.3 Å². The first kappa shape index (κ1) is 22.7. The van der Waals surface area contributed by atoms with E-state index in [0.717, 1.165) is 47.5 Å². The summed E-state index contributed by atoms with van der Waals surface area (Å²) in [6.45, 7) is 7.81. The second-order valence-electron chi connectivity index (χ2n) is 7.77. The molecule has 160 valence electrons. The number of halogens is 1. The summed E-state index contributed by atoms with van der Waals surface area (Å²) < 4.78 is 5.44. The molecule has 2 aromatic rings. The molecular weight excluding hydrogens is 464 g/mol. The van der Waals surface area contributed by atoms with Crippen LogP contribution in [0.1, 0.15) is 20.3 Å². The summed E-state index contributed by atoms with van der Waals surface area (Å²) in [5.74, 6) is 0.512. The van der Waals surface area contributed by atoms with Crippen LogP contribution in [0.5, 0.6) is 0 Å². The van der Waals surface area contributed by atoms with Crippen LogP contribution in [0.4, 0.5) is 11.5 Å². The third kappa shape index (κ3) is 5.19. The second-order valence-corrected chi connectivity index (χ2v) is 9.26. The minimum atomic E-state index is -0.658. The van der Waals surface area contributed by atoms with Crippen molar-refractivity contribution in [3.8, 4) is 17.2 Å². The van der Waals surface area contributed by atoms with E-state index < -0.39 is 6.04 Å². The van der Waals surface area contributed by atoms with Crippen LogP contribution in [-0.4, -0.2) is 49.0 Å². The van der Waals surface area contributed by atoms with E-state index >= 15 is 0 Å². The van der Waals surface area contributed by atoms with E-state index in [2.05, 4.69) is 42.7 Å².